The number of furan rings is 1. The van der Waals surface area contributed by atoms with E-state index in [-0.39, 0.29) is 0 Å². The Kier molecular flexibility index (Phi) is 8.15. The van der Waals surface area contributed by atoms with E-state index >= 15 is 0 Å². The first-order valence-electron chi connectivity index (χ1n) is 13.3. The number of methoxy groups -OCH3 is 1. The Bertz CT molecular complexity index is 1540. The van der Waals surface area contributed by atoms with E-state index < -0.39 is 18.0 Å². The van der Waals surface area contributed by atoms with Crippen LogP contribution in [0, 0.1) is 0 Å². The molecule has 2 aromatic heterocycles. The van der Waals surface area contributed by atoms with Gasteiger partial charge in [0.25, 0.3) is 11.8 Å². The summed E-state index contributed by atoms with van der Waals surface area (Å²) in [5.74, 6) is 7.66. The summed E-state index contributed by atoms with van der Waals surface area (Å²) in [6.45, 7) is 5.87. The highest BCUT2D eigenvalue weighted by molar-refractivity contribution is 6.08. The second-order valence-electron chi connectivity index (χ2n) is 9.44. The van der Waals surface area contributed by atoms with Gasteiger partial charge in [0, 0.05) is 17.7 Å². The summed E-state index contributed by atoms with van der Waals surface area (Å²) in [7, 11) is 1.69. The van der Waals surface area contributed by atoms with Crippen molar-refractivity contribution in [2.45, 2.75) is 45.8 Å². The number of amides is 3. The van der Waals surface area contributed by atoms with Crippen molar-refractivity contribution in [3.63, 3.8) is 0 Å². The molecule has 214 valence electrons. The zero-order valence-corrected chi connectivity index (χ0v) is 23.1. The van der Waals surface area contributed by atoms with Gasteiger partial charge in [-0.2, -0.15) is 0 Å². The third kappa shape index (κ3) is 5.99. The molecule has 3 aliphatic heterocycles. The van der Waals surface area contributed by atoms with Crippen molar-refractivity contribution in [1.82, 2.24) is 25.8 Å². The van der Waals surface area contributed by atoms with Crippen LogP contribution in [0.25, 0.3) is 11.8 Å². The molecule has 41 heavy (non-hydrogen) atoms. The maximum Gasteiger partial charge on any atom is 0.322 e. The standard InChI is InChI=1S/C15H14N6O4.C13H18N2O/c1-2-16-15-21-20-13(25-15)8-3-4-9-7(6-17-8)5-10(24-9)11-12(22)19-14(23)18-11;1-3-4-5-13-12-8-11(16-2)7-6-10(12)9-15(13)14/h3-5,11H,2,6H2,1H3,(H,16,21)(H2,18,19,22,23);5-8H,3-4,9,14H2,1-2H3/b;13-5-. The number of benzene rings is 1. The fourth-order valence-electron chi connectivity index (χ4n) is 4.55. The van der Waals surface area contributed by atoms with Gasteiger partial charge < -0.3 is 29.2 Å². The van der Waals surface area contributed by atoms with Gasteiger partial charge >= 0.3 is 12.0 Å². The fraction of sp³-hybridized carbons (Fsp3) is 0.321. The van der Waals surface area contributed by atoms with Gasteiger partial charge in [-0.05, 0) is 49.3 Å². The van der Waals surface area contributed by atoms with Gasteiger partial charge in [0.2, 0.25) is 0 Å². The SMILES string of the molecule is CCC/C=C1/c2cc(OC)ccc2CN1N.CCNc1nnc(C2=NCc3cc(C4NC(=O)NC4=O)oc3C=C2)o1. The average molecular weight is 561 g/mol. The Morgan fingerprint density at radius 2 is 2.02 bits per heavy atom. The lowest BCUT2D eigenvalue weighted by Crippen LogP contribution is -2.23. The monoisotopic (exact) mass is 560 g/mol. The molecule has 1 aromatic carbocycles. The number of hydrazine groups is 1. The number of nitrogens with one attached hydrogen (secondary N) is 3. The highest BCUT2D eigenvalue weighted by atomic mass is 16.5. The Balaban J connectivity index is 0.000000182. The Labute approximate surface area is 236 Å². The van der Waals surface area contributed by atoms with Crippen LogP contribution in [0.4, 0.5) is 10.8 Å². The molecule has 5 heterocycles. The summed E-state index contributed by atoms with van der Waals surface area (Å²) < 4.78 is 16.4. The van der Waals surface area contributed by atoms with Gasteiger partial charge in [-0.3, -0.25) is 15.1 Å². The van der Waals surface area contributed by atoms with Crippen molar-refractivity contribution in [2.24, 2.45) is 10.8 Å². The average Bonchev–Trinajstić information content (AvgIpc) is 3.71. The number of aliphatic imine (C=N–C) groups is 1. The number of ether oxygens (including phenoxy) is 1. The summed E-state index contributed by atoms with van der Waals surface area (Å²) in [6, 6.07) is 6.81. The molecule has 1 fully saturated rings. The number of imide groups is 1. The number of carbonyl (C=O) groups excluding carboxylic acids is 2. The summed E-state index contributed by atoms with van der Waals surface area (Å²) in [5.41, 5.74) is 4.93. The van der Waals surface area contributed by atoms with Crippen molar-refractivity contribution < 1.29 is 23.2 Å². The smallest absolute Gasteiger partial charge is 0.322 e. The van der Waals surface area contributed by atoms with E-state index in [2.05, 4.69) is 56.3 Å². The van der Waals surface area contributed by atoms with Crippen LogP contribution >= 0.6 is 0 Å². The molecule has 1 atom stereocenters. The van der Waals surface area contributed by atoms with Crippen LogP contribution in [0.5, 0.6) is 5.75 Å². The first kappa shape index (κ1) is 27.6. The van der Waals surface area contributed by atoms with E-state index in [1.165, 1.54) is 11.1 Å². The minimum Gasteiger partial charge on any atom is -0.497 e. The molecule has 3 aromatic rings. The summed E-state index contributed by atoms with van der Waals surface area (Å²) >= 11 is 0. The molecule has 5 N–H and O–H groups in total. The van der Waals surface area contributed by atoms with Gasteiger partial charge in [-0.25, -0.2) is 10.6 Å². The third-order valence-electron chi connectivity index (χ3n) is 6.57. The summed E-state index contributed by atoms with van der Waals surface area (Å²) in [5, 5.41) is 17.2. The second kappa shape index (κ2) is 12.1. The number of anilines is 1. The van der Waals surface area contributed by atoms with E-state index in [9.17, 15) is 9.59 Å². The maximum atomic E-state index is 11.7. The van der Waals surface area contributed by atoms with E-state index in [4.69, 9.17) is 19.4 Å². The lowest BCUT2D eigenvalue weighted by molar-refractivity contribution is -0.120. The number of fused-ring (bicyclic) bond motifs is 2. The van der Waals surface area contributed by atoms with Crippen LogP contribution in [0.3, 0.4) is 0 Å². The van der Waals surface area contributed by atoms with Crippen LogP contribution in [0.1, 0.15) is 66.8 Å². The van der Waals surface area contributed by atoms with Crippen LogP contribution < -0.4 is 26.5 Å². The van der Waals surface area contributed by atoms with Gasteiger partial charge in [0.1, 0.15) is 23.0 Å². The highest BCUT2D eigenvalue weighted by Crippen LogP contribution is 2.33. The normalized spacial score (nSPS) is 18.1. The Morgan fingerprint density at radius 3 is 2.76 bits per heavy atom. The number of aromatic nitrogens is 2. The molecule has 13 heteroatoms. The lowest BCUT2D eigenvalue weighted by atomic mass is 10.1. The molecule has 3 aliphatic rings. The molecule has 0 bridgehead atoms. The van der Waals surface area contributed by atoms with E-state index in [0.29, 0.717) is 42.2 Å². The molecule has 13 nitrogen and oxygen atoms in total. The number of allylic oxidation sites excluding steroid dienone is 2. The summed E-state index contributed by atoms with van der Waals surface area (Å²) in [6.07, 6.45) is 7.81. The van der Waals surface area contributed by atoms with Gasteiger partial charge in [-0.15, -0.1) is 5.10 Å². The number of carbonyl (C=O) groups is 2. The Morgan fingerprint density at radius 1 is 1.17 bits per heavy atom. The minimum absolute atomic E-state index is 0.306. The fourth-order valence-corrected chi connectivity index (χ4v) is 4.55. The maximum absolute atomic E-state index is 11.7. The number of urea groups is 1. The zero-order valence-electron chi connectivity index (χ0n) is 23.1. The van der Waals surface area contributed by atoms with Gasteiger partial charge in [-0.1, -0.05) is 30.6 Å². The van der Waals surface area contributed by atoms with Crippen LogP contribution in [0.15, 0.2) is 50.2 Å². The van der Waals surface area contributed by atoms with Crippen molar-refractivity contribution >= 4 is 35.4 Å². The predicted molar refractivity (Wildman–Crippen MR) is 151 cm³/mol. The second-order valence-corrected chi connectivity index (χ2v) is 9.44. The number of unbranched alkanes of at least 4 members (excludes halogenated alkanes) is 1. The molecule has 0 spiro atoms. The quantitative estimate of drug-likeness (QED) is 0.247. The zero-order chi connectivity index (χ0) is 28.9. The predicted octanol–water partition coefficient (Wildman–Crippen LogP) is 3.52. The third-order valence-corrected chi connectivity index (χ3v) is 6.57. The van der Waals surface area contributed by atoms with Crippen LogP contribution in [-0.2, 0) is 17.9 Å². The molecular formula is C28H32N8O5. The number of nitrogens with zero attached hydrogens (tertiary/aromatic N) is 4. The largest absolute Gasteiger partial charge is 0.497 e. The minimum atomic E-state index is -0.824. The molecule has 1 unspecified atom stereocenters. The molecule has 0 aliphatic carbocycles. The number of hydrogen-bond acceptors (Lipinski definition) is 11. The summed E-state index contributed by atoms with van der Waals surface area (Å²) in [4.78, 5) is 27.4. The molecule has 0 radical (unpaired) electrons. The van der Waals surface area contributed by atoms with Crippen molar-refractivity contribution in [2.75, 3.05) is 19.0 Å². The topological polar surface area (TPSA) is 173 Å². The lowest BCUT2D eigenvalue weighted by Gasteiger charge is -2.12. The highest BCUT2D eigenvalue weighted by Gasteiger charge is 2.34. The van der Waals surface area contributed by atoms with Crippen molar-refractivity contribution in [3.05, 3.63) is 70.5 Å². The number of nitrogens with two attached hydrogens (primary N) is 1. The molecule has 1 saturated heterocycles. The first-order chi connectivity index (χ1) is 19.9. The van der Waals surface area contributed by atoms with E-state index in [0.717, 1.165) is 36.4 Å². The van der Waals surface area contributed by atoms with Crippen LogP contribution in [0.2, 0.25) is 0 Å². The van der Waals surface area contributed by atoms with E-state index in [1.807, 2.05) is 13.0 Å². The van der Waals surface area contributed by atoms with E-state index in [1.54, 1.807) is 30.3 Å². The number of rotatable bonds is 7. The van der Waals surface area contributed by atoms with Crippen molar-refractivity contribution in [1.29, 1.82) is 0 Å². The Hall–Kier alpha value is -4.91. The van der Waals surface area contributed by atoms with Crippen LogP contribution in [-0.4, -0.2) is 46.5 Å². The molecule has 3 amide bonds. The first-order valence-corrected chi connectivity index (χ1v) is 13.3. The molecule has 6 rings (SSSR count). The van der Waals surface area contributed by atoms with Gasteiger partial charge in [0.05, 0.1) is 25.9 Å². The number of hydrogen-bond donors (Lipinski definition) is 4. The molecular weight excluding hydrogens is 528 g/mol. The van der Waals surface area contributed by atoms with Gasteiger partial charge in [0.15, 0.2) is 6.04 Å². The van der Waals surface area contributed by atoms with Crippen molar-refractivity contribution in [3.8, 4) is 5.75 Å². The molecule has 0 saturated carbocycles.